The summed E-state index contributed by atoms with van der Waals surface area (Å²) < 4.78 is 5.24. The zero-order chi connectivity index (χ0) is 15.9. The fourth-order valence-corrected chi connectivity index (χ4v) is 2.11. The van der Waals surface area contributed by atoms with Crippen LogP contribution in [0.25, 0.3) is 0 Å². The first-order chi connectivity index (χ1) is 9.87. The van der Waals surface area contributed by atoms with Crippen molar-refractivity contribution in [1.82, 2.24) is 5.32 Å². The van der Waals surface area contributed by atoms with E-state index in [9.17, 15) is 4.79 Å². The molecule has 0 saturated heterocycles. The van der Waals surface area contributed by atoms with Crippen molar-refractivity contribution >= 4 is 11.8 Å². The molecule has 0 bridgehead atoms. The van der Waals surface area contributed by atoms with Crippen molar-refractivity contribution in [3.63, 3.8) is 0 Å². The first-order valence-corrected chi connectivity index (χ1v) is 7.36. The van der Waals surface area contributed by atoms with Gasteiger partial charge in [-0.15, -0.1) is 0 Å². The first-order valence-electron chi connectivity index (χ1n) is 7.36. The molecule has 0 fully saturated rings. The van der Waals surface area contributed by atoms with Crippen LogP contribution in [-0.2, 0) is 4.74 Å². The van der Waals surface area contributed by atoms with E-state index in [2.05, 4.69) is 17.1 Å². The topological polar surface area (TPSA) is 67.6 Å². The Hall–Kier alpha value is -1.75. The molecule has 0 aliphatic rings. The number of hydrogen-bond acceptors (Lipinski definition) is 4. The first kappa shape index (κ1) is 17.3. The molecule has 21 heavy (non-hydrogen) atoms. The van der Waals surface area contributed by atoms with Crippen LogP contribution in [0, 0.1) is 0 Å². The summed E-state index contributed by atoms with van der Waals surface area (Å²) in [5, 5.41) is 2.79. The third kappa shape index (κ3) is 6.04. The molecule has 1 aromatic rings. The lowest BCUT2D eigenvalue weighted by atomic mass is 10.2. The van der Waals surface area contributed by atoms with E-state index in [1.54, 1.807) is 0 Å². The number of hydrogen-bond donors (Lipinski definition) is 2. The van der Waals surface area contributed by atoms with Gasteiger partial charge in [-0.2, -0.15) is 0 Å². The van der Waals surface area contributed by atoms with Gasteiger partial charge >= 0.3 is 6.09 Å². The average Bonchev–Trinajstić information content (AvgIpc) is 2.42. The van der Waals surface area contributed by atoms with E-state index in [0.717, 1.165) is 12.2 Å². The lowest BCUT2D eigenvalue weighted by molar-refractivity contribution is 0.0524. The molecule has 0 aliphatic heterocycles. The monoisotopic (exact) mass is 293 g/mol. The number of benzene rings is 1. The maximum absolute atomic E-state index is 11.7. The number of carbonyl (C=O) groups is 1. The molecule has 1 aromatic carbocycles. The molecule has 1 unspecified atom stereocenters. The van der Waals surface area contributed by atoms with Crippen LogP contribution in [0.5, 0.6) is 0 Å². The summed E-state index contributed by atoms with van der Waals surface area (Å²) in [5.74, 6) is 0. The van der Waals surface area contributed by atoms with Crippen LogP contribution in [0.1, 0.15) is 27.7 Å². The Labute approximate surface area is 127 Å². The molecular weight excluding hydrogens is 266 g/mol. The Kier molecular flexibility index (Phi) is 6.49. The third-order valence-corrected chi connectivity index (χ3v) is 3.02. The van der Waals surface area contributed by atoms with Crippen molar-refractivity contribution in [2.45, 2.75) is 39.3 Å². The van der Waals surface area contributed by atoms with Crippen LogP contribution in [0.15, 0.2) is 30.3 Å². The molecule has 0 aliphatic carbocycles. The number of nitrogens with one attached hydrogen (secondary N) is 1. The SMILES string of the molecule is CCN(c1ccccc1)C(CN)CNC(=O)OC(C)(C)C. The molecule has 1 amide bonds. The number of anilines is 1. The van der Waals surface area contributed by atoms with Gasteiger partial charge in [-0.25, -0.2) is 4.79 Å². The molecule has 5 heteroatoms. The average molecular weight is 293 g/mol. The zero-order valence-electron chi connectivity index (χ0n) is 13.4. The summed E-state index contributed by atoms with van der Waals surface area (Å²) in [5.41, 5.74) is 6.47. The molecule has 0 radical (unpaired) electrons. The Bertz CT molecular complexity index is 429. The second kappa shape index (κ2) is 7.88. The molecule has 3 N–H and O–H groups in total. The van der Waals surface area contributed by atoms with Gasteiger partial charge in [0.15, 0.2) is 0 Å². The van der Waals surface area contributed by atoms with Gasteiger partial charge in [-0.05, 0) is 39.8 Å². The molecular formula is C16H27N3O2. The highest BCUT2D eigenvalue weighted by Gasteiger charge is 2.20. The maximum Gasteiger partial charge on any atom is 0.407 e. The van der Waals surface area contributed by atoms with Crippen molar-refractivity contribution in [2.24, 2.45) is 5.73 Å². The Morgan fingerprint density at radius 1 is 1.33 bits per heavy atom. The van der Waals surface area contributed by atoms with Crippen molar-refractivity contribution in [1.29, 1.82) is 0 Å². The van der Waals surface area contributed by atoms with Gasteiger partial charge < -0.3 is 20.7 Å². The number of alkyl carbamates (subject to hydrolysis) is 1. The van der Waals surface area contributed by atoms with E-state index in [-0.39, 0.29) is 6.04 Å². The summed E-state index contributed by atoms with van der Waals surface area (Å²) in [6, 6.07) is 10.1. The third-order valence-electron chi connectivity index (χ3n) is 3.02. The minimum absolute atomic E-state index is 0.0323. The minimum Gasteiger partial charge on any atom is -0.444 e. The molecule has 0 saturated carbocycles. The van der Waals surface area contributed by atoms with Crippen LogP contribution in [-0.4, -0.2) is 37.4 Å². The molecule has 5 nitrogen and oxygen atoms in total. The highest BCUT2D eigenvalue weighted by Crippen LogP contribution is 2.15. The quantitative estimate of drug-likeness (QED) is 0.845. The van der Waals surface area contributed by atoms with Crippen LogP contribution >= 0.6 is 0 Å². The molecule has 0 heterocycles. The fraction of sp³-hybridized carbons (Fsp3) is 0.562. The van der Waals surface area contributed by atoms with Gasteiger partial charge in [0.1, 0.15) is 5.60 Å². The summed E-state index contributed by atoms with van der Waals surface area (Å²) in [7, 11) is 0. The second-order valence-electron chi connectivity index (χ2n) is 5.89. The highest BCUT2D eigenvalue weighted by atomic mass is 16.6. The van der Waals surface area contributed by atoms with Crippen molar-refractivity contribution in [3.05, 3.63) is 30.3 Å². The second-order valence-corrected chi connectivity index (χ2v) is 5.89. The normalized spacial score (nSPS) is 12.6. The largest absolute Gasteiger partial charge is 0.444 e. The van der Waals surface area contributed by atoms with Crippen LogP contribution in [0.4, 0.5) is 10.5 Å². The van der Waals surface area contributed by atoms with Crippen LogP contribution in [0.2, 0.25) is 0 Å². The zero-order valence-corrected chi connectivity index (χ0v) is 13.4. The minimum atomic E-state index is -0.494. The number of amides is 1. The molecule has 1 atom stereocenters. The van der Waals surface area contributed by atoms with Crippen molar-refractivity contribution in [3.8, 4) is 0 Å². The summed E-state index contributed by atoms with van der Waals surface area (Å²) in [6.07, 6.45) is -0.412. The molecule has 0 aromatic heterocycles. The number of likely N-dealkylation sites (N-methyl/N-ethyl adjacent to an activating group) is 1. The van der Waals surface area contributed by atoms with E-state index in [4.69, 9.17) is 10.5 Å². The molecule has 118 valence electrons. The summed E-state index contributed by atoms with van der Waals surface area (Å²) >= 11 is 0. The van der Waals surface area contributed by atoms with E-state index < -0.39 is 11.7 Å². The number of nitrogens with two attached hydrogens (primary N) is 1. The summed E-state index contributed by atoms with van der Waals surface area (Å²) in [4.78, 5) is 13.9. The summed E-state index contributed by atoms with van der Waals surface area (Å²) in [6.45, 7) is 9.33. The van der Waals surface area contributed by atoms with Gasteiger partial charge in [0.25, 0.3) is 0 Å². The molecule has 1 rings (SSSR count). The van der Waals surface area contributed by atoms with Gasteiger partial charge in [-0.1, -0.05) is 18.2 Å². The van der Waals surface area contributed by atoms with Gasteiger partial charge in [0, 0.05) is 25.3 Å². The number of nitrogens with zero attached hydrogens (tertiary/aromatic N) is 1. The predicted octanol–water partition coefficient (Wildman–Crippen LogP) is 2.36. The van der Waals surface area contributed by atoms with Crippen molar-refractivity contribution in [2.75, 3.05) is 24.5 Å². The maximum atomic E-state index is 11.7. The number of ether oxygens (including phenoxy) is 1. The van der Waals surface area contributed by atoms with Crippen molar-refractivity contribution < 1.29 is 9.53 Å². The number of para-hydroxylation sites is 1. The van der Waals surface area contributed by atoms with E-state index in [0.29, 0.717) is 13.1 Å². The Morgan fingerprint density at radius 2 is 1.95 bits per heavy atom. The smallest absolute Gasteiger partial charge is 0.407 e. The van der Waals surface area contributed by atoms with Gasteiger partial charge in [0.05, 0.1) is 6.04 Å². The number of carbonyl (C=O) groups excluding carboxylic acids is 1. The van der Waals surface area contributed by atoms with Gasteiger partial charge in [0.2, 0.25) is 0 Å². The van der Waals surface area contributed by atoms with Gasteiger partial charge in [-0.3, -0.25) is 0 Å². The lowest BCUT2D eigenvalue weighted by Crippen LogP contribution is -2.49. The molecule has 0 spiro atoms. The Balaban J connectivity index is 2.63. The lowest BCUT2D eigenvalue weighted by Gasteiger charge is -2.32. The fourth-order valence-electron chi connectivity index (χ4n) is 2.11. The van der Waals surface area contributed by atoms with E-state index >= 15 is 0 Å². The number of rotatable bonds is 6. The van der Waals surface area contributed by atoms with Crippen LogP contribution in [0.3, 0.4) is 0 Å². The van der Waals surface area contributed by atoms with E-state index in [1.165, 1.54) is 0 Å². The van der Waals surface area contributed by atoms with E-state index in [1.807, 2.05) is 51.1 Å². The van der Waals surface area contributed by atoms with Crippen LogP contribution < -0.4 is 16.0 Å². The highest BCUT2D eigenvalue weighted by molar-refractivity contribution is 5.67. The Morgan fingerprint density at radius 3 is 2.43 bits per heavy atom. The predicted molar refractivity (Wildman–Crippen MR) is 86.5 cm³/mol. The standard InChI is InChI=1S/C16H27N3O2/c1-5-19(13-9-7-6-8-10-13)14(11-17)12-18-15(20)21-16(2,3)4/h6-10,14H,5,11-12,17H2,1-4H3,(H,18,20).